The zero-order valence-corrected chi connectivity index (χ0v) is 36.3. The zero-order valence-electron chi connectivity index (χ0n) is 36.3. The minimum atomic E-state index is -1.60. The Bertz CT molecular complexity index is 864. The maximum absolute atomic E-state index is 13.0. The van der Waals surface area contributed by atoms with Crippen LogP contribution in [0.2, 0.25) is 0 Å². The highest BCUT2D eigenvalue weighted by Gasteiger charge is 2.44. The number of aliphatic hydroxyl groups is 6. The van der Waals surface area contributed by atoms with Crippen molar-refractivity contribution in [2.24, 2.45) is 0 Å². The molecule has 1 heterocycles. The van der Waals surface area contributed by atoms with Crippen LogP contribution in [-0.4, -0.2) is 98.7 Å². The summed E-state index contributed by atoms with van der Waals surface area (Å²) in [7, 11) is 0. The van der Waals surface area contributed by atoms with Crippen LogP contribution in [-0.2, 0) is 14.3 Å². The van der Waals surface area contributed by atoms with Crippen LogP contribution in [0, 0.1) is 0 Å². The lowest BCUT2D eigenvalue weighted by Gasteiger charge is -2.40. The molecule has 0 radical (unpaired) electrons. The fourth-order valence-corrected chi connectivity index (χ4v) is 7.91. The summed E-state index contributed by atoms with van der Waals surface area (Å²) in [5.74, 6) is -0.254. The SMILES string of the molecule is CCCCCCCCCCCCCCCCCCCCCCCC(=O)N[C@@H](CO[C@@H]1O[C@H](CO)[C@@H](O)C(O)C1O)[C@H](O)[C@H](O)CCCCCCCCCCCC. The summed E-state index contributed by atoms with van der Waals surface area (Å²) in [6.45, 7) is 3.60. The third-order valence-corrected chi connectivity index (χ3v) is 11.8. The molecule has 1 saturated heterocycles. The van der Waals surface area contributed by atoms with E-state index in [1.165, 1.54) is 154 Å². The lowest BCUT2D eigenvalue weighted by molar-refractivity contribution is -0.303. The molecule has 0 aliphatic carbocycles. The highest BCUT2D eigenvalue weighted by molar-refractivity contribution is 5.76. The van der Waals surface area contributed by atoms with Crippen molar-refractivity contribution in [3.63, 3.8) is 0 Å². The van der Waals surface area contributed by atoms with E-state index >= 15 is 0 Å². The van der Waals surface area contributed by atoms with E-state index in [0.717, 1.165) is 44.9 Å². The number of ether oxygens (including phenoxy) is 2. The van der Waals surface area contributed by atoms with E-state index in [9.17, 15) is 35.4 Å². The van der Waals surface area contributed by atoms with Gasteiger partial charge in [0, 0.05) is 6.42 Å². The zero-order chi connectivity index (χ0) is 41.1. The van der Waals surface area contributed by atoms with Gasteiger partial charge in [-0.3, -0.25) is 4.79 Å². The highest BCUT2D eigenvalue weighted by atomic mass is 16.7. The fourth-order valence-electron chi connectivity index (χ4n) is 7.91. The Morgan fingerprint density at radius 2 is 0.929 bits per heavy atom. The molecular weight excluding hydrogens is 711 g/mol. The molecule has 0 bridgehead atoms. The van der Waals surface area contributed by atoms with Crippen molar-refractivity contribution in [3.8, 4) is 0 Å². The number of unbranched alkanes of at least 4 members (excludes halogenated alkanes) is 29. The van der Waals surface area contributed by atoms with E-state index in [0.29, 0.717) is 6.42 Å². The summed E-state index contributed by atoms with van der Waals surface area (Å²) in [6, 6.07) is -0.983. The summed E-state index contributed by atoms with van der Waals surface area (Å²) in [5.41, 5.74) is 0. The maximum atomic E-state index is 13.0. The predicted molar refractivity (Wildman–Crippen MR) is 227 cm³/mol. The van der Waals surface area contributed by atoms with Crippen molar-refractivity contribution in [3.05, 3.63) is 0 Å². The molecule has 2 unspecified atom stereocenters. The Morgan fingerprint density at radius 3 is 1.32 bits per heavy atom. The molecule has 10 heteroatoms. The first-order valence-corrected chi connectivity index (χ1v) is 23.8. The van der Waals surface area contributed by atoms with Crippen molar-refractivity contribution in [1.29, 1.82) is 0 Å². The summed E-state index contributed by atoms with van der Waals surface area (Å²) >= 11 is 0. The van der Waals surface area contributed by atoms with E-state index in [1.807, 2.05) is 0 Å². The Balaban J connectivity index is 2.30. The normalized spacial score (nSPS) is 21.6. The molecule has 0 spiro atoms. The van der Waals surface area contributed by atoms with Crippen LogP contribution in [0.5, 0.6) is 0 Å². The molecule has 1 aliphatic rings. The van der Waals surface area contributed by atoms with Gasteiger partial charge in [-0.15, -0.1) is 0 Å². The first kappa shape index (κ1) is 53.2. The second-order valence-corrected chi connectivity index (χ2v) is 17.1. The Labute approximate surface area is 343 Å². The van der Waals surface area contributed by atoms with Crippen molar-refractivity contribution in [2.45, 2.75) is 275 Å². The minimum absolute atomic E-state index is 0.254. The van der Waals surface area contributed by atoms with Crippen LogP contribution < -0.4 is 5.32 Å². The van der Waals surface area contributed by atoms with Gasteiger partial charge in [-0.25, -0.2) is 0 Å². The van der Waals surface area contributed by atoms with Crippen LogP contribution in [0.1, 0.15) is 226 Å². The van der Waals surface area contributed by atoms with Gasteiger partial charge in [0.2, 0.25) is 5.91 Å². The molecular formula is C46H91NO9. The predicted octanol–water partition coefficient (Wildman–Crippen LogP) is 8.92. The van der Waals surface area contributed by atoms with Crippen molar-refractivity contribution in [2.75, 3.05) is 13.2 Å². The second-order valence-electron chi connectivity index (χ2n) is 17.1. The van der Waals surface area contributed by atoms with Gasteiger partial charge in [0.15, 0.2) is 6.29 Å². The van der Waals surface area contributed by atoms with Crippen LogP contribution in [0.25, 0.3) is 0 Å². The van der Waals surface area contributed by atoms with Crippen LogP contribution in [0.3, 0.4) is 0 Å². The van der Waals surface area contributed by atoms with Crippen LogP contribution >= 0.6 is 0 Å². The average molecular weight is 802 g/mol. The van der Waals surface area contributed by atoms with Gasteiger partial charge in [0.25, 0.3) is 0 Å². The molecule has 0 aromatic heterocycles. The number of carbonyl (C=O) groups is 1. The third-order valence-electron chi connectivity index (χ3n) is 11.8. The molecule has 1 amide bonds. The molecule has 1 fully saturated rings. The van der Waals surface area contributed by atoms with Gasteiger partial charge in [0.05, 0.1) is 25.4 Å². The lowest BCUT2D eigenvalue weighted by Crippen LogP contribution is -2.60. The second kappa shape index (κ2) is 37.2. The van der Waals surface area contributed by atoms with Gasteiger partial charge >= 0.3 is 0 Å². The number of hydrogen-bond donors (Lipinski definition) is 7. The van der Waals surface area contributed by atoms with Crippen molar-refractivity contribution < 1.29 is 44.9 Å². The molecule has 8 atom stereocenters. The monoisotopic (exact) mass is 802 g/mol. The topological polar surface area (TPSA) is 169 Å². The van der Waals surface area contributed by atoms with Gasteiger partial charge < -0.3 is 45.4 Å². The number of nitrogens with one attached hydrogen (secondary N) is 1. The molecule has 10 nitrogen and oxygen atoms in total. The van der Waals surface area contributed by atoms with E-state index in [4.69, 9.17) is 9.47 Å². The molecule has 56 heavy (non-hydrogen) atoms. The van der Waals surface area contributed by atoms with Gasteiger partial charge in [-0.05, 0) is 12.8 Å². The quantitative estimate of drug-likeness (QED) is 0.0299. The first-order valence-electron chi connectivity index (χ1n) is 23.8. The lowest BCUT2D eigenvalue weighted by atomic mass is 9.98. The third kappa shape index (κ3) is 27.0. The number of carbonyl (C=O) groups excluding carboxylic acids is 1. The first-order chi connectivity index (χ1) is 27.3. The summed E-state index contributed by atoms with van der Waals surface area (Å²) in [4.78, 5) is 13.0. The summed E-state index contributed by atoms with van der Waals surface area (Å²) in [5, 5.41) is 65.1. The number of aliphatic hydroxyl groups excluding tert-OH is 6. The number of rotatable bonds is 40. The fraction of sp³-hybridized carbons (Fsp3) is 0.978. The molecule has 7 N–H and O–H groups in total. The molecule has 1 rings (SSSR count). The summed E-state index contributed by atoms with van der Waals surface area (Å²) < 4.78 is 11.1. The highest BCUT2D eigenvalue weighted by Crippen LogP contribution is 2.23. The van der Waals surface area contributed by atoms with Crippen molar-refractivity contribution >= 4 is 5.91 Å². The minimum Gasteiger partial charge on any atom is -0.394 e. The number of hydrogen-bond acceptors (Lipinski definition) is 9. The maximum Gasteiger partial charge on any atom is 0.220 e. The van der Waals surface area contributed by atoms with E-state index < -0.39 is 55.6 Å². The Kier molecular flexibility index (Phi) is 35.3. The Hall–Kier alpha value is -0.850. The largest absolute Gasteiger partial charge is 0.394 e. The van der Waals surface area contributed by atoms with E-state index in [1.54, 1.807) is 0 Å². The standard InChI is InChI=1S/C46H91NO9/c1-3-5-7-9-11-13-15-16-17-18-19-20-21-22-23-24-25-27-29-31-33-35-41(50)47-38(37-55-46-45(54)44(53)43(52)40(36-48)56-46)42(51)39(49)34-32-30-28-26-14-12-10-8-6-4-2/h38-40,42-46,48-49,51-54H,3-37H2,1-2H3,(H,47,50)/t38-,39+,40+,42-,43+,44?,45?,46+/m0/s1. The van der Waals surface area contributed by atoms with Crippen LogP contribution in [0.15, 0.2) is 0 Å². The molecule has 1 aliphatic heterocycles. The van der Waals surface area contributed by atoms with Gasteiger partial charge in [-0.2, -0.15) is 0 Å². The molecule has 0 saturated carbocycles. The average Bonchev–Trinajstić information content (AvgIpc) is 3.20. The van der Waals surface area contributed by atoms with Crippen LogP contribution in [0.4, 0.5) is 0 Å². The van der Waals surface area contributed by atoms with Crippen molar-refractivity contribution in [1.82, 2.24) is 5.32 Å². The molecule has 334 valence electrons. The van der Waals surface area contributed by atoms with E-state index in [2.05, 4.69) is 19.2 Å². The Morgan fingerprint density at radius 1 is 0.554 bits per heavy atom. The molecule has 0 aromatic rings. The molecule has 0 aromatic carbocycles. The van der Waals surface area contributed by atoms with Gasteiger partial charge in [-0.1, -0.05) is 206 Å². The van der Waals surface area contributed by atoms with Gasteiger partial charge in [0.1, 0.15) is 30.5 Å². The smallest absolute Gasteiger partial charge is 0.220 e. The van der Waals surface area contributed by atoms with E-state index in [-0.39, 0.29) is 18.9 Å². The summed E-state index contributed by atoms with van der Waals surface area (Å²) in [6.07, 6.45) is 29.8. The number of amides is 1.